The summed E-state index contributed by atoms with van der Waals surface area (Å²) in [5.74, 6) is -0.0603. The third-order valence-corrected chi connectivity index (χ3v) is 5.62. The molecule has 1 N–H and O–H groups in total. The number of rotatable bonds is 3. The molecule has 23 heavy (non-hydrogen) atoms. The number of nitrogens with zero attached hydrogens (tertiary/aromatic N) is 1. The molecule has 0 aliphatic carbocycles. The number of hydrogen-bond donors (Lipinski definition) is 1. The third-order valence-electron chi connectivity index (χ3n) is 3.74. The van der Waals surface area contributed by atoms with Crippen LogP contribution in [0, 0.1) is 0 Å². The van der Waals surface area contributed by atoms with Crippen molar-refractivity contribution >= 4 is 38.9 Å². The Balaban J connectivity index is 1.94. The van der Waals surface area contributed by atoms with Crippen molar-refractivity contribution in [1.82, 2.24) is 0 Å². The highest BCUT2D eigenvalue weighted by Crippen LogP contribution is 2.32. The minimum Gasteiger partial charge on any atom is -0.312 e. The smallest absolute Gasteiger partial charge is 0.263 e. The van der Waals surface area contributed by atoms with Crippen LogP contribution in [-0.4, -0.2) is 20.9 Å². The summed E-state index contributed by atoms with van der Waals surface area (Å²) in [5.41, 5.74) is 2.18. The maximum atomic E-state index is 12.5. The van der Waals surface area contributed by atoms with E-state index in [1.807, 2.05) is 6.07 Å². The highest BCUT2D eigenvalue weighted by Gasteiger charge is 2.24. The van der Waals surface area contributed by atoms with Gasteiger partial charge in [-0.1, -0.05) is 29.8 Å². The number of hydrogen-bond acceptors (Lipinski definition) is 3. The molecule has 0 bridgehead atoms. The van der Waals surface area contributed by atoms with E-state index in [1.54, 1.807) is 29.2 Å². The quantitative estimate of drug-likeness (QED) is 0.925. The number of carbonyl (C=O) groups is 1. The van der Waals surface area contributed by atoms with Gasteiger partial charge in [-0.05, 0) is 36.2 Å². The highest BCUT2D eigenvalue weighted by atomic mass is 35.5. The summed E-state index contributed by atoms with van der Waals surface area (Å²) >= 11 is 5.96. The molecule has 2 aromatic rings. The molecule has 7 heteroatoms. The lowest BCUT2D eigenvalue weighted by molar-refractivity contribution is -0.116. The number of sulfonamides is 1. The molecular formula is C16H15ClN2O3S. The molecule has 0 atom stereocenters. The highest BCUT2D eigenvalue weighted by molar-refractivity contribution is 7.92. The molecule has 1 amide bonds. The second-order valence-electron chi connectivity index (χ2n) is 5.30. The van der Waals surface area contributed by atoms with Gasteiger partial charge in [-0.25, -0.2) is 8.42 Å². The summed E-state index contributed by atoms with van der Waals surface area (Å²) in [7, 11) is -3.78. The second-order valence-corrected chi connectivity index (χ2v) is 7.36. The number of fused-ring (bicyclic) bond motifs is 1. The van der Waals surface area contributed by atoms with E-state index in [4.69, 9.17) is 11.6 Å². The number of carbonyl (C=O) groups excluding carboxylic acids is 1. The van der Waals surface area contributed by atoms with Crippen LogP contribution in [0.15, 0.2) is 47.4 Å². The Morgan fingerprint density at radius 1 is 1.22 bits per heavy atom. The van der Waals surface area contributed by atoms with Gasteiger partial charge in [-0.3, -0.25) is 9.52 Å². The number of benzene rings is 2. The predicted molar refractivity (Wildman–Crippen MR) is 90.4 cm³/mol. The Labute approximate surface area is 139 Å². The Kier molecular flexibility index (Phi) is 4.04. The molecule has 0 fully saturated rings. The topological polar surface area (TPSA) is 66.5 Å². The van der Waals surface area contributed by atoms with Gasteiger partial charge >= 0.3 is 0 Å². The molecule has 0 saturated carbocycles. The molecule has 0 spiro atoms. The number of anilines is 2. The lowest BCUT2D eigenvalue weighted by atomic mass is 10.1. The lowest BCUT2D eigenvalue weighted by Crippen LogP contribution is -2.25. The fourth-order valence-corrected chi connectivity index (χ4v) is 4.21. The van der Waals surface area contributed by atoms with Crippen LogP contribution in [0.1, 0.15) is 12.5 Å². The van der Waals surface area contributed by atoms with Crippen LogP contribution in [0.3, 0.4) is 0 Å². The van der Waals surface area contributed by atoms with E-state index in [0.717, 1.165) is 17.7 Å². The van der Waals surface area contributed by atoms with Crippen LogP contribution in [-0.2, 0) is 21.2 Å². The van der Waals surface area contributed by atoms with E-state index < -0.39 is 10.0 Å². The van der Waals surface area contributed by atoms with E-state index >= 15 is 0 Å². The normalized spacial score (nSPS) is 13.7. The first-order valence-electron chi connectivity index (χ1n) is 7.07. The first-order valence-corrected chi connectivity index (χ1v) is 8.93. The van der Waals surface area contributed by atoms with E-state index in [9.17, 15) is 13.2 Å². The minimum absolute atomic E-state index is 0.0191. The fraction of sp³-hybridized carbons (Fsp3) is 0.188. The van der Waals surface area contributed by atoms with Crippen molar-refractivity contribution < 1.29 is 13.2 Å². The molecular weight excluding hydrogens is 336 g/mol. The zero-order valence-corrected chi connectivity index (χ0v) is 14.0. The Morgan fingerprint density at radius 2 is 1.96 bits per heavy atom. The molecule has 2 aromatic carbocycles. The van der Waals surface area contributed by atoms with Crippen LogP contribution < -0.4 is 9.62 Å². The third kappa shape index (κ3) is 3.04. The average Bonchev–Trinajstić information content (AvgIpc) is 2.90. The van der Waals surface area contributed by atoms with Crippen molar-refractivity contribution in [2.45, 2.75) is 18.2 Å². The molecule has 0 aromatic heterocycles. The van der Waals surface area contributed by atoms with Gasteiger partial charge in [0.1, 0.15) is 4.90 Å². The van der Waals surface area contributed by atoms with Gasteiger partial charge in [0.2, 0.25) is 5.91 Å². The molecule has 1 aliphatic heterocycles. The summed E-state index contributed by atoms with van der Waals surface area (Å²) in [6.45, 7) is 2.11. The molecule has 3 rings (SSSR count). The molecule has 5 nitrogen and oxygen atoms in total. The molecule has 0 radical (unpaired) electrons. The van der Waals surface area contributed by atoms with Crippen LogP contribution in [0.4, 0.5) is 11.4 Å². The maximum Gasteiger partial charge on any atom is 0.263 e. The van der Waals surface area contributed by atoms with Gasteiger partial charge in [0, 0.05) is 19.2 Å². The van der Waals surface area contributed by atoms with Gasteiger partial charge in [-0.2, -0.15) is 0 Å². The van der Waals surface area contributed by atoms with Crippen molar-refractivity contribution in [3.63, 3.8) is 0 Å². The van der Waals surface area contributed by atoms with Crippen molar-refractivity contribution in [3.05, 3.63) is 53.1 Å². The lowest BCUT2D eigenvalue weighted by Gasteiger charge is -2.16. The molecule has 1 heterocycles. The summed E-state index contributed by atoms with van der Waals surface area (Å²) in [4.78, 5) is 13.3. The van der Waals surface area contributed by atoms with Crippen molar-refractivity contribution in [3.8, 4) is 0 Å². The van der Waals surface area contributed by atoms with Crippen molar-refractivity contribution in [2.75, 3.05) is 16.2 Å². The monoisotopic (exact) mass is 350 g/mol. The zero-order valence-electron chi connectivity index (χ0n) is 12.4. The van der Waals surface area contributed by atoms with Crippen molar-refractivity contribution in [2.24, 2.45) is 0 Å². The zero-order chi connectivity index (χ0) is 16.6. The number of nitrogens with one attached hydrogen (secondary N) is 1. The van der Waals surface area contributed by atoms with E-state index in [1.165, 1.54) is 19.1 Å². The first-order chi connectivity index (χ1) is 10.9. The number of amides is 1. The standard InChI is InChI=1S/C16H15ClN2O3S/c1-11(20)19-9-8-12-6-7-13(10-15(12)19)18-23(21,22)16-5-3-2-4-14(16)17/h2-7,10,18H,8-9H2,1H3. The van der Waals surface area contributed by atoms with E-state index in [2.05, 4.69) is 4.72 Å². The Morgan fingerprint density at radius 3 is 2.65 bits per heavy atom. The van der Waals surface area contributed by atoms with Gasteiger partial charge in [0.05, 0.1) is 10.7 Å². The average molecular weight is 351 g/mol. The summed E-state index contributed by atoms with van der Waals surface area (Å²) in [6, 6.07) is 11.5. The molecule has 0 unspecified atom stereocenters. The summed E-state index contributed by atoms with van der Waals surface area (Å²) < 4.78 is 27.4. The van der Waals surface area contributed by atoms with Gasteiger partial charge in [-0.15, -0.1) is 0 Å². The first kappa shape index (κ1) is 15.8. The van der Waals surface area contributed by atoms with Gasteiger partial charge < -0.3 is 4.90 Å². The second kappa shape index (κ2) is 5.86. The van der Waals surface area contributed by atoms with E-state index in [0.29, 0.717) is 12.2 Å². The predicted octanol–water partition coefficient (Wildman–Crippen LogP) is 3.05. The maximum absolute atomic E-state index is 12.5. The van der Waals surface area contributed by atoms with E-state index in [-0.39, 0.29) is 15.8 Å². The molecule has 120 valence electrons. The molecule has 0 saturated heterocycles. The molecule has 1 aliphatic rings. The summed E-state index contributed by atoms with van der Waals surface area (Å²) in [5, 5.41) is 0.159. The largest absolute Gasteiger partial charge is 0.312 e. The van der Waals surface area contributed by atoms with Gasteiger partial charge in [0.25, 0.3) is 10.0 Å². The van der Waals surface area contributed by atoms with Crippen LogP contribution in [0.2, 0.25) is 5.02 Å². The van der Waals surface area contributed by atoms with Crippen molar-refractivity contribution in [1.29, 1.82) is 0 Å². The SMILES string of the molecule is CC(=O)N1CCc2ccc(NS(=O)(=O)c3ccccc3Cl)cc21. The van der Waals surface area contributed by atoms with Crippen LogP contribution in [0.25, 0.3) is 0 Å². The fourth-order valence-electron chi connectivity index (χ4n) is 2.64. The Bertz CT molecular complexity index is 881. The minimum atomic E-state index is -3.78. The number of halogens is 1. The van der Waals surface area contributed by atoms with Crippen LogP contribution >= 0.6 is 11.6 Å². The van der Waals surface area contributed by atoms with Crippen LogP contribution in [0.5, 0.6) is 0 Å². The summed E-state index contributed by atoms with van der Waals surface area (Å²) in [6.07, 6.45) is 0.770. The van der Waals surface area contributed by atoms with Gasteiger partial charge in [0.15, 0.2) is 0 Å². The Hall–Kier alpha value is -2.05.